The van der Waals surface area contributed by atoms with E-state index < -0.39 is 5.54 Å². The second kappa shape index (κ2) is 5.05. The van der Waals surface area contributed by atoms with Crippen LogP contribution in [0.1, 0.15) is 32.0 Å². The zero-order chi connectivity index (χ0) is 15.2. The number of hydrogen-bond donors (Lipinski definition) is 1. The third kappa shape index (κ3) is 2.24. The van der Waals surface area contributed by atoms with E-state index in [2.05, 4.69) is 46.9 Å². The van der Waals surface area contributed by atoms with Crippen LogP contribution in [0.5, 0.6) is 0 Å². The van der Waals surface area contributed by atoms with Crippen molar-refractivity contribution in [2.24, 2.45) is 0 Å². The van der Waals surface area contributed by atoms with Gasteiger partial charge in [0.2, 0.25) is 0 Å². The fourth-order valence-corrected chi connectivity index (χ4v) is 3.52. The van der Waals surface area contributed by atoms with Crippen LogP contribution < -0.4 is 0 Å². The Morgan fingerprint density at radius 2 is 2.24 bits per heavy atom. The molecule has 0 bridgehead atoms. The van der Waals surface area contributed by atoms with Gasteiger partial charge in [-0.05, 0) is 51.0 Å². The summed E-state index contributed by atoms with van der Waals surface area (Å²) in [6.07, 6.45) is 0.599. The predicted octanol–water partition coefficient (Wildman–Crippen LogP) is 4.18. The van der Waals surface area contributed by atoms with Gasteiger partial charge in [-0.1, -0.05) is 15.9 Å². The Bertz CT molecular complexity index is 706. The normalized spacial score (nSPS) is 16.9. The fourth-order valence-electron chi connectivity index (χ4n) is 3.16. The zero-order valence-electron chi connectivity index (χ0n) is 12.5. The lowest BCUT2D eigenvalue weighted by Crippen LogP contribution is -2.50. The first-order valence-electron chi connectivity index (χ1n) is 7.20. The van der Waals surface area contributed by atoms with Crippen molar-refractivity contribution < 1.29 is 9.53 Å². The molecule has 1 aromatic carbocycles. The summed E-state index contributed by atoms with van der Waals surface area (Å²) in [6.45, 7) is 7.04. The van der Waals surface area contributed by atoms with E-state index in [9.17, 15) is 4.79 Å². The van der Waals surface area contributed by atoms with Crippen molar-refractivity contribution in [2.75, 3.05) is 13.2 Å². The minimum atomic E-state index is -0.397. The van der Waals surface area contributed by atoms with Gasteiger partial charge in [-0.15, -0.1) is 0 Å². The molecule has 3 rings (SSSR count). The summed E-state index contributed by atoms with van der Waals surface area (Å²) in [4.78, 5) is 17.5. The number of rotatable bonds is 1. The largest absolute Gasteiger partial charge is 0.450 e. The highest BCUT2D eigenvalue weighted by atomic mass is 79.9. The molecule has 1 aromatic heterocycles. The maximum Gasteiger partial charge on any atom is 0.410 e. The van der Waals surface area contributed by atoms with Crippen molar-refractivity contribution in [1.29, 1.82) is 0 Å². The molecule has 1 amide bonds. The second-order valence-corrected chi connectivity index (χ2v) is 6.74. The molecule has 0 saturated carbocycles. The van der Waals surface area contributed by atoms with Crippen LogP contribution in [0.25, 0.3) is 10.9 Å². The van der Waals surface area contributed by atoms with Crippen LogP contribution in [-0.4, -0.2) is 29.1 Å². The molecule has 0 fully saturated rings. The van der Waals surface area contributed by atoms with E-state index in [-0.39, 0.29) is 6.09 Å². The average Bonchev–Trinajstić information content (AvgIpc) is 2.78. The maximum atomic E-state index is 12.2. The monoisotopic (exact) mass is 350 g/mol. The summed E-state index contributed by atoms with van der Waals surface area (Å²) >= 11 is 3.53. The number of hydrogen-bond acceptors (Lipinski definition) is 2. The van der Waals surface area contributed by atoms with Gasteiger partial charge in [0.1, 0.15) is 0 Å². The van der Waals surface area contributed by atoms with Gasteiger partial charge >= 0.3 is 6.09 Å². The fraction of sp³-hybridized carbons (Fsp3) is 0.438. The Kier molecular flexibility index (Phi) is 3.48. The summed E-state index contributed by atoms with van der Waals surface area (Å²) in [7, 11) is 0. The van der Waals surface area contributed by atoms with Crippen molar-refractivity contribution in [3.05, 3.63) is 33.9 Å². The molecular weight excluding hydrogens is 332 g/mol. The number of halogens is 1. The lowest BCUT2D eigenvalue weighted by Gasteiger charge is -2.41. The minimum absolute atomic E-state index is 0.243. The number of aromatic nitrogens is 1. The molecule has 112 valence electrons. The SMILES string of the molecule is CCOC(=O)N1CCc2c([nH]c3ccc(Br)cc23)C1(C)C. The lowest BCUT2D eigenvalue weighted by molar-refractivity contribution is 0.0578. The first-order valence-corrected chi connectivity index (χ1v) is 7.99. The molecule has 0 radical (unpaired) electrons. The van der Waals surface area contributed by atoms with Gasteiger partial charge in [0.25, 0.3) is 0 Å². The number of nitrogens with zero attached hydrogens (tertiary/aromatic N) is 1. The molecular formula is C16H19BrN2O2. The van der Waals surface area contributed by atoms with Crippen molar-refractivity contribution >= 4 is 32.9 Å². The predicted molar refractivity (Wildman–Crippen MR) is 86.5 cm³/mol. The number of nitrogens with one attached hydrogen (secondary N) is 1. The van der Waals surface area contributed by atoms with Crippen LogP contribution >= 0.6 is 15.9 Å². The quantitative estimate of drug-likeness (QED) is 0.838. The van der Waals surface area contributed by atoms with Gasteiger partial charge in [-0.3, -0.25) is 4.90 Å². The Morgan fingerprint density at radius 3 is 2.95 bits per heavy atom. The molecule has 1 aliphatic rings. The number of carbonyl (C=O) groups excluding carboxylic acids is 1. The first kappa shape index (κ1) is 14.4. The summed E-state index contributed by atoms with van der Waals surface area (Å²) in [5, 5.41) is 1.23. The van der Waals surface area contributed by atoms with E-state index in [1.807, 2.05) is 17.9 Å². The molecule has 0 unspecified atom stereocenters. The number of benzene rings is 1. The third-order valence-corrected chi connectivity index (χ3v) is 4.72. The van der Waals surface area contributed by atoms with Crippen LogP contribution in [0.15, 0.2) is 22.7 Å². The van der Waals surface area contributed by atoms with Crippen molar-refractivity contribution in [2.45, 2.75) is 32.7 Å². The van der Waals surface area contributed by atoms with Gasteiger partial charge in [-0.2, -0.15) is 0 Å². The van der Waals surface area contributed by atoms with E-state index in [0.717, 1.165) is 22.1 Å². The molecule has 5 heteroatoms. The van der Waals surface area contributed by atoms with Gasteiger partial charge in [0, 0.05) is 27.6 Å². The number of ether oxygens (including phenoxy) is 1. The summed E-state index contributed by atoms with van der Waals surface area (Å²) in [5.41, 5.74) is 3.12. The summed E-state index contributed by atoms with van der Waals surface area (Å²) in [5.74, 6) is 0. The highest BCUT2D eigenvalue weighted by Crippen LogP contribution is 2.39. The van der Waals surface area contributed by atoms with Gasteiger partial charge in [-0.25, -0.2) is 4.79 Å². The minimum Gasteiger partial charge on any atom is -0.450 e. The van der Waals surface area contributed by atoms with E-state index in [1.165, 1.54) is 10.9 Å². The van der Waals surface area contributed by atoms with Crippen LogP contribution in [0.2, 0.25) is 0 Å². The highest BCUT2D eigenvalue weighted by molar-refractivity contribution is 9.10. The Balaban J connectivity index is 2.10. The zero-order valence-corrected chi connectivity index (χ0v) is 14.1. The number of aromatic amines is 1. The van der Waals surface area contributed by atoms with Crippen LogP contribution in [0, 0.1) is 0 Å². The molecule has 0 aliphatic carbocycles. The molecule has 0 spiro atoms. The van der Waals surface area contributed by atoms with E-state index >= 15 is 0 Å². The standard InChI is InChI=1S/C16H19BrN2O2/c1-4-21-15(20)19-8-7-11-12-9-10(17)5-6-13(12)18-14(11)16(19,2)3/h5-6,9,18H,4,7-8H2,1-3H3. The lowest BCUT2D eigenvalue weighted by atomic mass is 9.88. The molecule has 2 aromatic rings. The van der Waals surface area contributed by atoms with E-state index in [4.69, 9.17) is 4.74 Å². The molecule has 1 N–H and O–H groups in total. The highest BCUT2D eigenvalue weighted by Gasteiger charge is 2.40. The van der Waals surface area contributed by atoms with Crippen LogP contribution in [0.4, 0.5) is 4.79 Å². The third-order valence-electron chi connectivity index (χ3n) is 4.23. The topological polar surface area (TPSA) is 45.3 Å². The Hall–Kier alpha value is -1.49. The van der Waals surface area contributed by atoms with Crippen molar-refractivity contribution in [3.8, 4) is 0 Å². The van der Waals surface area contributed by atoms with E-state index in [1.54, 1.807) is 0 Å². The smallest absolute Gasteiger partial charge is 0.410 e. The molecule has 1 aliphatic heterocycles. The number of amides is 1. The second-order valence-electron chi connectivity index (χ2n) is 5.83. The average molecular weight is 351 g/mol. The summed E-state index contributed by atoms with van der Waals surface area (Å²) < 4.78 is 6.26. The van der Waals surface area contributed by atoms with Gasteiger partial charge in [0.05, 0.1) is 12.1 Å². The molecule has 2 heterocycles. The van der Waals surface area contributed by atoms with Gasteiger partial charge in [0.15, 0.2) is 0 Å². The van der Waals surface area contributed by atoms with Crippen LogP contribution in [-0.2, 0) is 16.7 Å². The molecule has 21 heavy (non-hydrogen) atoms. The van der Waals surface area contributed by atoms with Crippen molar-refractivity contribution in [3.63, 3.8) is 0 Å². The first-order chi connectivity index (χ1) is 9.95. The van der Waals surface area contributed by atoms with Gasteiger partial charge < -0.3 is 9.72 Å². The number of H-pyrrole nitrogens is 1. The number of carbonyl (C=O) groups is 1. The van der Waals surface area contributed by atoms with Crippen molar-refractivity contribution in [1.82, 2.24) is 9.88 Å². The maximum absolute atomic E-state index is 12.2. The Morgan fingerprint density at radius 1 is 1.48 bits per heavy atom. The molecule has 0 atom stereocenters. The van der Waals surface area contributed by atoms with Crippen LogP contribution in [0.3, 0.4) is 0 Å². The Labute approximate surface area is 132 Å². The molecule has 0 saturated heterocycles. The molecule has 4 nitrogen and oxygen atoms in total. The summed E-state index contributed by atoms with van der Waals surface area (Å²) in [6, 6.07) is 6.24. The number of fused-ring (bicyclic) bond motifs is 3. The van der Waals surface area contributed by atoms with E-state index in [0.29, 0.717) is 13.2 Å².